The highest BCUT2D eigenvalue weighted by Crippen LogP contribution is 2.20. The molecule has 0 bridgehead atoms. The average molecular weight is 316 g/mol. The molecule has 0 aliphatic rings. The van der Waals surface area contributed by atoms with Crippen molar-refractivity contribution in [2.45, 2.75) is 26.7 Å². The number of rotatable bonds is 7. The van der Waals surface area contributed by atoms with Gasteiger partial charge in [-0.3, -0.25) is 0 Å². The standard InChI is InChI=1S/C17H24N4O2/c1-17(2,13-22)9-6-10-18-16(23)20-14-11-19-21(12-14)15-7-4-3-5-8-15/h3-5,7-8,11-12,22H,6,9-10,13H2,1-2H3,(H2,18,20,23). The fourth-order valence-corrected chi connectivity index (χ4v) is 2.13. The molecule has 6 heteroatoms. The summed E-state index contributed by atoms with van der Waals surface area (Å²) in [6.07, 6.45) is 5.06. The zero-order valence-electron chi connectivity index (χ0n) is 13.6. The number of nitrogens with zero attached hydrogens (tertiary/aromatic N) is 2. The van der Waals surface area contributed by atoms with Gasteiger partial charge in [-0.05, 0) is 30.4 Å². The minimum absolute atomic E-state index is 0.102. The van der Waals surface area contributed by atoms with Crippen LogP contribution in [0, 0.1) is 5.41 Å². The summed E-state index contributed by atoms with van der Waals surface area (Å²) in [5, 5.41) is 19.0. The first-order chi connectivity index (χ1) is 11.0. The Morgan fingerprint density at radius 3 is 2.74 bits per heavy atom. The summed E-state index contributed by atoms with van der Waals surface area (Å²) in [6, 6.07) is 9.45. The molecule has 0 saturated carbocycles. The number of aliphatic hydroxyl groups excluding tert-OH is 1. The molecule has 3 N–H and O–H groups in total. The molecule has 1 heterocycles. The highest BCUT2D eigenvalue weighted by molar-refractivity contribution is 5.88. The van der Waals surface area contributed by atoms with Crippen LogP contribution in [-0.4, -0.2) is 34.1 Å². The number of anilines is 1. The number of hydrogen-bond donors (Lipinski definition) is 3. The van der Waals surface area contributed by atoms with Crippen LogP contribution < -0.4 is 10.6 Å². The number of para-hydroxylation sites is 1. The van der Waals surface area contributed by atoms with Crippen LogP contribution in [0.5, 0.6) is 0 Å². The van der Waals surface area contributed by atoms with Crippen LogP contribution in [0.2, 0.25) is 0 Å². The monoisotopic (exact) mass is 316 g/mol. The smallest absolute Gasteiger partial charge is 0.319 e. The van der Waals surface area contributed by atoms with Gasteiger partial charge in [-0.25, -0.2) is 9.48 Å². The Balaban J connectivity index is 1.77. The van der Waals surface area contributed by atoms with E-state index in [0.717, 1.165) is 18.5 Å². The summed E-state index contributed by atoms with van der Waals surface area (Å²) in [5.74, 6) is 0. The Bertz CT molecular complexity index is 623. The van der Waals surface area contributed by atoms with Crippen LogP contribution in [0.15, 0.2) is 42.7 Å². The third kappa shape index (κ3) is 5.41. The van der Waals surface area contributed by atoms with Crippen molar-refractivity contribution < 1.29 is 9.90 Å². The molecular weight excluding hydrogens is 292 g/mol. The number of aliphatic hydroxyl groups is 1. The van der Waals surface area contributed by atoms with Gasteiger partial charge in [-0.15, -0.1) is 0 Å². The van der Waals surface area contributed by atoms with Crippen molar-refractivity contribution in [2.75, 3.05) is 18.5 Å². The Morgan fingerprint density at radius 2 is 2.04 bits per heavy atom. The number of nitrogens with one attached hydrogen (secondary N) is 2. The number of hydrogen-bond acceptors (Lipinski definition) is 3. The molecule has 0 spiro atoms. The lowest BCUT2D eigenvalue weighted by molar-refractivity contribution is 0.148. The lowest BCUT2D eigenvalue weighted by Gasteiger charge is -2.21. The number of amides is 2. The molecule has 0 aliphatic heterocycles. The van der Waals surface area contributed by atoms with Gasteiger partial charge in [0.15, 0.2) is 0 Å². The Labute approximate surface area is 136 Å². The molecule has 0 atom stereocenters. The van der Waals surface area contributed by atoms with E-state index in [9.17, 15) is 9.90 Å². The second kappa shape index (κ2) is 7.78. The summed E-state index contributed by atoms with van der Waals surface area (Å²) in [5.41, 5.74) is 1.48. The van der Waals surface area contributed by atoms with Crippen molar-refractivity contribution in [3.8, 4) is 5.69 Å². The van der Waals surface area contributed by atoms with Gasteiger partial charge in [0.05, 0.1) is 23.8 Å². The van der Waals surface area contributed by atoms with Gasteiger partial charge in [0.25, 0.3) is 0 Å². The fraction of sp³-hybridized carbons (Fsp3) is 0.412. The first-order valence-corrected chi connectivity index (χ1v) is 7.76. The highest BCUT2D eigenvalue weighted by Gasteiger charge is 2.15. The van der Waals surface area contributed by atoms with E-state index in [1.807, 2.05) is 44.2 Å². The van der Waals surface area contributed by atoms with Crippen LogP contribution in [0.25, 0.3) is 5.69 Å². The maximum absolute atomic E-state index is 11.8. The van der Waals surface area contributed by atoms with E-state index in [1.54, 1.807) is 17.1 Å². The molecule has 0 radical (unpaired) electrons. The molecule has 0 aliphatic carbocycles. The van der Waals surface area contributed by atoms with Crippen LogP contribution in [-0.2, 0) is 0 Å². The van der Waals surface area contributed by atoms with Crippen molar-refractivity contribution in [3.05, 3.63) is 42.7 Å². The zero-order chi connectivity index (χ0) is 16.7. The van der Waals surface area contributed by atoms with Crippen LogP contribution in [0.4, 0.5) is 10.5 Å². The van der Waals surface area contributed by atoms with Gasteiger partial charge >= 0.3 is 6.03 Å². The van der Waals surface area contributed by atoms with Crippen molar-refractivity contribution in [3.63, 3.8) is 0 Å². The van der Waals surface area contributed by atoms with E-state index in [4.69, 9.17) is 0 Å². The Kier molecular flexibility index (Phi) is 5.76. The first kappa shape index (κ1) is 17.0. The average Bonchev–Trinajstić information content (AvgIpc) is 3.01. The topological polar surface area (TPSA) is 79.2 Å². The molecular formula is C17H24N4O2. The van der Waals surface area contributed by atoms with Crippen LogP contribution in [0.1, 0.15) is 26.7 Å². The lowest BCUT2D eigenvalue weighted by atomic mass is 9.89. The molecule has 0 fully saturated rings. The van der Waals surface area contributed by atoms with Gasteiger partial charge in [-0.2, -0.15) is 5.10 Å². The molecule has 23 heavy (non-hydrogen) atoms. The quantitative estimate of drug-likeness (QED) is 0.687. The van der Waals surface area contributed by atoms with E-state index in [0.29, 0.717) is 12.2 Å². The van der Waals surface area contributed by atoms with E-state index in [-0.39, 0.29) is 18.1 Å². The molecule has 2 aromatic rings. The molecule has 1 aromatic carbocycles. The summed E-state index contributed by atoms with van der Waals surface area (Å²) in [4.78, 5) is 11.8. The van der Waals surface area contributed by atoms with Gasteiger partial charge in [-0.1, -0.05) is 32.0 Å². The largest absolute Gasteiger partial charge is 0.396 e. The van der Waals surface area contributed by atoms with Gasteiger partial charge in [0, 0.05) is 13.2 Å². The van der Waals surface area contributed by atoms with E-state index in [2.05, 4.69) is 15.7 Å². The zero-order valence-corrected chi connectivity index (χ0v) is 13.6. The summed E-state index contributed by atoms with van der Waals surface area (Å²) in [7, 11) is 0. The van der Waals surface area contributed by atoms with E-state index >= 15 is 0 Å². The number of urea groups is 1. The summed E-state index contributed by atoms with van der Waals surface area (Å²) in [6.45, 7) is 4.73. The molecule has 124 valence electrons. The lowest BCUT2D eigenvalue weighted by Crippen LogP contribution is -2.30. The normalized spacial score (nSPS) is 11.3. The number of carbonyl (C=O) groups is 1. The molecule has 2 amide bonds. The van der Waals surface area contributed by atoms with Crippen molar-refractivity contribution in [1.29, 1.82) is 0 Å². The predicted octanol–water partition coefficient (Wildman–Crippen LogP) is 2.79. The van der Waals surface area contributed by atoms with Crippen molar-refractivity contribution in [1.82, 2.24) is 15.1 Å². The van der Waals surface area contributed by atoms with Crippen molar-refractivity contribution >= 4 is 11.7 Å². The van der Waals surface area contributed by atoms with Gasteiger partial charge in [0.2, 0.25) is 0 Å². The van der Waals surface area contributed by atoms with Crippen LogP contribution in [0.3, 0.4) is 0 Å². The predicted molar refractivity (Wildman–Crippen MR) is 90.7 cm³/mol. The van der Waals surface area contributed by atoms with Crippen LogP contribution >= 0.6 is 0 Å². The maximum atomic E-state index is 11.8. The maximum Gasteiger partial charge on any atom is 0.319 e. The van der Waals surface area contributed by atoms with Gasteiger partial charge in [0.1, 0.15) is 0 Å². The third-order valence-electron chi connectivity index (χ3n) is 3.61. The molecule has 1 aromatic heterocycles. The highest BCUT2D eigenvalue weighted by atomic mass is 16.3. The number of carbonyl (C=O) groups excluding carboxylic acids is 1. The first-order valence-electron chi connectivity index (χ1n) is 7.76. The van der Waals surface area contributed by atoms with Crippen molar-refractivity contribution in [2.24, 2.45) is 5.41 Å². The SMILES string of the molecule is CC(C)(CO)CCCNC(=O)Nc1cnn(-c2ccccc2)c1. The number of aromatic nitrogens is 2. The second-order valence-electron chi connectivity index (χ2n) is 6.32. The summed E-state index contributed by atoms with van der Waals surface area (Å²) < 4.78 is 1.71. The molecule has 6 nitrogen and oxygen atoms in total. The number of benzene rings is 1. The molecule has 0 unspecified atom stereocenters. The second-order valence-corrected chi connectivity index (χ2v) is 6.32. The van der Waals surface area contributed by atoms with E-state index in [1.165, 1.54) is 0 Å². The third-order valence-corrected chi connectivity index (χ3v) is 3.61. The molecule has 2 rings (SSSR count). The summed E-state index contributed by atoms with van der Waals surface area (Å²) >= 11 is 0. The molecule has 0 saturated heterocycles. The Hall–Kier alpha value is -2.34. The minimum Gasteiger partial charge on any atom is -0.396 e. The van der Waals surface area contributed by atoms with E-state index < -0.39 is 0 Å². The van der Waals surface area contributed by atoms with Gasteiger partial charge < -0.3 is 15.7 Å². The minimum atomic E-state index is -0.251. The fourth-order valence-electron chi connectivity index (χ4n) is 2.13. The Morgan fingerprint density at radius 1 is 1.30 bits per heavy atom.